The maximum Gasteiger partial charge on any atom is 0.295 e. The van der Waals surface area contributed by atoms with Gasteiger partial charge in [0.05, 0.1) is 19.6 Å². The Morgan fingerprint density at radius 2 is 1.92 bits per heavy atom. The maximum atomic E-state index is 13.0. The molecule has 2 aromatic carbocycles. The third kappa shape index (κ3) is 3.66. The topological polar surface area (TPSA) is 71.4 Å². The van der Waals surface area contributed by atoms with Gasteiger partial charge in [0.1, 0.15) is 5.82 Å². The van der Waals surface area contributed by atoms with Gasteiger partial charge in [-0.05, 0) is 42.5 Å². The number of benzene rings is 2. The fourth-order valence-corrected chi connectivity index (χ4v) is 2.98. The zero-order chi connectivity index (χ0) is 18.8. The van der Waals surface area contributed by atoms with Crippen LogP contribution in [0.15, 0.2) is 57.2 Å². The van der Waals surface area contributed by atoms with Gasteiger partial charge >= 0.3 is 0 Å². The largest absolute Gasteiger partial charge is 0.493 e. The van der Waals surface area contributed by atoms with Crippen molar-refractivity contribution in [1.82, 2.24) is 4.57 Å². The lowest BCUT2D eigenvalue weighted by Gasteiger charge is -2.10. The van der Waals surface area contributed by atoms with Crippen LogP contribution in [-0.2, 0) is 6.67 Å². The number of hydrogen-bond acceptors (Lipinski definition) is 3. The Hall–Kier alpha value is -2.58. The van der Waals surface area contributed by atoms with Crippen molar-refractivity contribution in [3.63, 3.8) is 0 Å². The van der Waals surface area contributed by atoms with E-state index < -0.39 is 11.7 Å². The molecule has 0 aliphatic rings. The van der Waals surface area contributed by atoms with Crippen molar-refractivity contribution in [3.8, 4) is 5.88 Å². The molecule has 0 saturated carbocycles. The maximum absolute atomic E-state index is 13.0. The minimum atomic E-state index is -0.612. The number of nitrogens with zero attached hydrogens (tertiary/aromatic N) is 3. The summed E-state index contributed by atoms with van der Waals surface area (Å²) in [5.74, 6) is -1.11. The van der Waals surface area contributed by atoms with Crippen LogP contribution in [0, 0.1) is 5.82 Å². The number of fused-ring (bicyclic) bond motifs is 1. The first-order valence-electron chi connectivity index (χ1n) is 7.88. The summed E-state index contributed by atoms with van der Waals surface area (Å²) in [6.45, 7) is 0.519. The SMILES string of the molecule is C[NH+](C)Cn1c(O)c(N=NC(=O)c2ccc(F)cc2)c2cc(Br)ccc21. The van der Waals surface area contributed by atoms with E-state index in [0.717, 1.165) is 14.9 Å². The van der Waals surface area contributed by atoms with Crippen molar-refractivity contribution in [2.24, 2.45) is 10.2 Å². The van der Waals surface area contributed by atoms with E-state index in [-0.39, 0.29) is 17.1 Å². The number of rotatable bonds is 4. The van der Waals surface area contributed by atoms with Gasteiger partial charge in [0.2, 0.25) is 5.88 Å². The predicted molar refractivity (Wildman–Crippen MR) is 99.4 cm³/mol. The van der Waals surface area contributed by atoms with E-state index in [0.29, 0.717) is 12.1 Å². The zero-order valence-electron chi connectivity index (χ0n) is 14.2. The molecule has 0 spiro atoms. The van der Waals surface area contributed by atoms with Gasteiger partial charge in [0.15, 0.2) is 12.4 Å². The molecule has 0 aliphatic carbocycles. The van der Waals surface area contributed by atoms with Crippen LogP contribution in [-0.4, -0.2) is 29.7 Å². The minimum Gasteiger partial charge on any atom is -0.493 e. The van der Waals surface area contributed by atoms with Crippen LogP contribution in [0.4, 0.5) is 10.1 Å². The van der Waals surface area contributed by atoms with Crippen molar-refractivity contribution in [3.05, 3.63) is 58.3 Å². The van der Waals surface area contributed by atoms with Crippen molar-refractivity contribution < 1.29 is 19.2 Å². The quantitative estimate of drug-likeness (QED) is 0.636. The molecule has 1 amide bonds. The Morgan fingerprint density at radius 3 is 2.58 bits per heavy atom. The van der Waals surface area contributed by atoms with E-state index in [1.807, 2.05) is 32.3 Å². The van der Waals surface area contributed by atoms with Crippen LogP contribution >= 0.6 is 15.9 Å². The molecule has 0 saturated heterocycles. The van der Waals surface area contributed by atoms with Gasteiger partial charge in [0.25, 0.3) is 5.91 Å². The molecule has 0 atom stereocenters. The van der Waals surface area contributed by atoms with Crippen molar-refractivity contribution in [2.45, 2.75) is 6.67 Å². The van der Waals surface area contributed by atoms with E-state index in [4.69, 9.17) is 0 Å². The fourth-order valence-electron chi connectivity index (χ4n) is 2.62. The van der Waals surface area contributed by atoms with Gasteiger partial charge in [0, 0.05) is 15.4 Å². The Labute approximate surface area is 157 Å². The summed E-state index contributed by atoms with van der Waals surface area (Å²) < 4.78 is 15.5. The molecular formula is C18H17BrFN4O2+. The fraction of sp³-hybridized carbons (Fsp3) is 0.167. The Morgan fingerprint density at radius 1 is 1.23 bits per heavy atom. The first-order chi connectivity index (χ1) is 12.4. The van der Waals surface area contributed by atoms with E-state index in [9.17, 15) is 14.3 Å². The molecule has 0 fully saturated rings. The molecule has 1 aromatic heterocycles. The summed E-state index contributed by atoms with van der Waals surface area (Å²) >= 11 is 3.40. The first kappa shape index (κ1) is 18.2. The predicted octanol–water partition coefficient (Wildman–Crippen LogP) is 3.27. The molecular weight excluding hydrogens is 403 g/mol. The molecule has 0 radical (unpaired) electrons. The first-order valence-corrected chi connectivity index (χ1v) is 8.67. The van der Waals surface area contributed by atoms with Crippen LogP contribution in [0.2, 0.25) is 0 Å². The lowest BCUT2D eigenvalue weighted by atomic mass is 10.2. The van der Waals surface area contributed by atoms with Gasteiger partial charge in [-0.2, -0.15) is 0 Å². The zero-order valence-corrected chi connectivity index (χ0v) is 15.8. The standard InChI is InChI=1S/C18H16BrFN4O2/c1-23(2)10-24-15-8-5-12(19)9-14(15)16(18(24)26)21-22-17(25)11-3-6-13(20)7-4-11/h3-9,26H,10H2,1-2H3/p+1. The number of carbonyl (C=O) groups is 1. The van der Waals surface area contributed by atoms with E-state index >= 15 is 0 Å². The minimum absolute atomic E-state index is 0.0602. The van der Waals surface area contributed by atoms with E-state index in [1.165, 1.54) is 24.3 Å². The molecule has 0 aliphatic heterocycles. The number of aromatic nitrogens is 1. The molecule has 0 bridgehead atoms. The van der Waals surface area contributed by atoms with E-state index in [1.54, 1.807) is 4.57 Å². The van der Waals surface area contributed by atoms with Gasteiger partial charge < -0.3 is 10.0 Å². The van der Waals surface area contributed by atoms with Gasteiger partial charge in [-0.3, -0.25) is 9.36 Å². The number of aromatic hydroxyl groups is 1. The van der Waals surface area contributed by atoms with Crippen molar-refractivity contribution in [2.75, 3.05) is 14.1 Å². The summed E-state index contributed by atoms with van der Waals surface area (Å²) in [6, 6.07) is 10.6. The van der Waals surface area contributed by atoms with Gasteiger partial charge in [-0.1, -0.05) is 15.9 Å². The summed E-state index contributed by atoms with van der Waals surface area (Å²) in [7, 11) is 3.92. The number of halogens is 2. The number of hydrogen-bond donors (Lipinski definition) is 2. The Kier molecular flexibility index (Phi) is 5.15. The number of quaternary nitrogens is 1. The van der Waals surface area contributed by atoms with Crippen LogP contribution in [0.3, 0.4) is 0 Å². The van der Waals surface area contributed by atoms with Crippen LogP contribution in [0.1, 0.15) is 10.4 Å². The highest BCUT2D eigenvalue weighted by Gasteiger charge is 2.19. The molecule has 8 heteroatoms. The average Bonchev–Trinajstić information content (AvgIpc) is 2.84. The Balaban J connectivity index is 2.03. The second-order valence-corrected chi connectivity index (χ2v) is 7.05. The van der Waals surface area contributed by atoms with E-state index in [2.05, 4.69) is 26.2 Å². The smallest absolute Gasteiger partial charge is 0.295 e. The molecule has 26 heavy (non-hydrogen) atoms. The molecule has 3 rings (SSSR count). The highest BCUT2D eigenvalue weighted by molar-refractivity contribution is 9.10. The molecule has 6 nitrogen and oxygen atoms in total. The summed E-state index contributed by atoms with van der Waals surface area (Å²) in [5, 5.41) is 18.9. The Bertz CT molecular complexity index is 997. The molecule has 3 aromatic rings. The summed E-state index contributed by atoms with van der Waals surface area (Å²) in [6.07, 6.45) is 0. The third-order valence-electron chi connectivity index (χ3n) is 3.78. The monoisotopic (exact) mass is 419 g/mol. The normalized spacial score (nSPS) is 11.7. The van der Waals surface area contributed by atoms with Crippen LogP contribution in [0.25, 0.3) is 10.9 Å². The average molecular weight is 420 g/mol. The lowest BCUT2D eigenvalue weighted by Crippen LogP contribution is -3.04. The molecule has 134 valence electrons. The molecule has 2 N–H and O–H groups in total. The number of amides is 1. The van der Waals surface area contributed by atoms with Crippen LogP contribution < -0.4 is 4.90 Å². The highest BCUT2D eigenvalue weighted by atomic mass is 79.9. The van der Waals surface area contributed by atoms with Gasteiger partial charge in [-0.25, -0.2) is 4.39 Å². The third-order valence-corrected chi connectivity index (χ3v) is 4.27. The lowest BCUT2D eigenvalue weighted by molar-refractivity contribution is -0.882. The molecule has 1 heterocycles. The van der Waals surface area contributed by atoms with Crippen LogP contribution in [0.5, 0.6) is 5.88 Å². The second-order valence-electron chi connectivity index (χ2n) is 6.14. The second kappa shape index (κ2) is 7.35. The summed E-state index contributed by atoms with van der Waals surface area (Å²) in [4.78, 5) is 13.2. The highest BCUT2D eigenvalue weighted by Crippen LogP contribution is 2.39. The molecule has 0 unspecified atom stereocenters. The summed E-state index contributed by atoms with van der Waals surface area (Å²) in [5.41, 5.74) is 1.23. The number of carbonyl (C=O) groups excluding carboxylic acids is 1. The van der Waals surface area contributed by atoms with Crippen molar-refractivity contribution in [1.29, 1.82) is 0 Å². The van der Waals surface area contributed by atoms with Gasteiger partial charge in [-0.15, -0.1) is 10.2 Å². The van der Waals surface area contributed by atoms with Crippen molar-refractivity contribution >= 4 is 38.4 Å². The number of azo groups is 1. The number of nitrogens with one attached hydrogen (secondary N) is 1.